The molecule has 0 saturated heterocycles. The largest absolute Gasteiger partial charge is 0.377 e. The van der Waals surface area contributed by atoms with Crippen LogP contribution >= 0.6 is 24.0 Å². The highest BCUT2D eigenvalue weighted by atomic mass is 127. The van der Waals surface area contributed by atoms with E-state index < -0.39 is 0 Å². The Hall–Kier alpha value is -1.09. The van der Waals surface area contributed by atoms with Crippen LogP contribution in [0.5, 0.6) is 0 Å². The quantitative estimate of drug-likeness (QED) is 0.233. The molecule has 124 valence electrons. The third kappa shape index (κ3) is 7.26. The van der Waals surface area contributed by atoms with Crippen LogP contribution in [0.2, 0.25) is 0 Å². The summed E-state index contributed by atoms with van der Waals surface area (Å²) in [5.74, 6) is 0.864. The van der Waals surface area contributed by atoms with Crippen molar-refractivity contribution in [3.05, 3.63) is 30.1 Å². The predicted molar refractivity (Wildman–Crippen MR) is 99.8 cm³/mol. The number of nitrogens with one attached hydrogen (secondary N) is 2. The van der Waals surface area contributed by atoms with E-state index >= 15 is 0 Å². The number of aryl methyl sites for hydroxylation is 1. The van der Waals surface area contributed by atoms with Crippen molar-refractivity contribution in [1.82, 2.24) is 20.4 Å². The van der Waals surface area contributed by atoms with Crippen LogP contribution in [0.25, 0.3) is 0 Å². The summed E-state index contributed by atoms with van der Waals surface area (Å²) >= 11 is 0. The summed E-state index contributed by atoms with van der Waals surface area (Å²) in [6.45, 7) is 4.33. The molecular formula is C15H26IN5O. The molecule has 2 rings (SSSR count). The van der Waals surface area contributed by atoms with Gasteiger partial charge in [-0.2, -0.15) is 5.10 Å². The Balaban J connectivity index is 0.00000242. The molecule has 1 aromatic rings. The van der Waals surface area contributed by atoms with Crippen LogP contribution in [-0.2, 0) is 11.3 Å². The van der Waals surface area contributed by atoms with Gasteiger partial charge >= 0.3 is 0 Å². The maximum Gasteiger partial charge on any atom is 0.190 e. The average molecular weight is 419 g/mol. The SMILES string of the molecule is CN=C(NCCCn1cccn1)NCCC1=CCOCC1.I. The van der Waals surface area contributed by atoms with Crippen molar-refractivity contribution in [2.75, 3.05) is 33.4 Å². The second-order valence-electron chi connectivity index (χ2n) is 4.99. The number of ether oxygens (including phenoxy) is 1. The van der Waals surface area contributed by atoms with Crippen molar-refractivity contribution in [3.63, 3.8) is 0 Å². The van der Waals surface area contributed by atoms with Crippen molar-refractivity contribution >= 4 is 29.9 Å². The third-order valence-electron chi connectivity index (χ3n) is 3.44. The first kappa shape index (κ1) is 19.0. The monoisotopic (exact) mass is 419 g/mol. The minimum Gasteiger partial charge on any atom is -0.377 e. The highest BCUT2D eigenvalue weighted by molar-refractivity contribution is 14.0. The van der Waals surface area contributed by atoms with Gasteiger partial charge in [-0.1, -0.05) is 11.6 Å². The molecule has 0 saturated carbocycles. The van der Waals surface area contributed by atoms with E-state index in [-0.39, 0.29) is 24.0 Å². The molecule has 22 heavy (non-hydrogen) atoms. The summed E-state index contributed by atoms with van der Waals surface area (Å²) < 4.78 is 7.24. The average Bonchev–Trinajstić information content (AvgIpc) is 3.04. The van der Waals surface area contributed by atoms with Gasteiger partial charge in [0, 0.05) is 39.1 Å². The van der Waals surface area contributed by atoms with Crippen LogP contribution in [-0.4, -0.2) is 49.1 Å². The van der Waals surface area contributed by atoms with E-state index in [1.165, 1.54) is 5.57 Å². The van der Waals surface area contributed by atoms with Gasteiger partial charge in [0.15, 0.2) is 5.96 Å². The zero-order valence-electron chi connectivity index (χ0n) is 13.1. The molecule has 0 aromatic carbocycles. The highest BCUT2D eigenvalue weighted by Crippen LogP contribution is 2.10. The lowest BCUT2D eigenvalue weighted by atomic mass is 10.1. The molecule has 6 nitrogen and oxygen atoms in total. The van der Waals surface area contributed by atoms with Crippen LogP contribution in [0.15, 0.2) is 35.1 Å². The summed E-state index contributed by atoms with van der Waals surface area (Å²) in [6, 6.07) is 1.94. The molecule has 2 heterocycles. The fraction of sp³-hybridized carbons (Fsp3) is 0.600. The number of guanidine groups is 1. The number of halogens is 1. The van der Waals surface area contributed by atoms with Crippen molar-refractivity contribution in [1.29, 1.82) is 0 Å². The number of aliphatic imine (C=N–C) groups is 1. The Kier molecular flexibility index (Phi) is 9.89. The maximum atomic E-state index is 5.30. The number of hydrogen-bond donors (Lipinski definition) is 2. The second kappa shape index (κ2) is 11.5. The Bertz CT molecular complexity index is 459. The van der Waals surface area contributed by atoms with E-state index in [1.807, 2.05) is 16.9 Å². The van der Waals surface area contributed by atoms with E-state index in [0.717, 1.165) is 58.1 Å². The molecule has 0 fully saturated rings. The lowest BCUT2D eigenvalue weighted by Crippen LogP contribution is -2.38. The standard InChI is InChI=1S/C15H25N5O.HI/c1-16-15(17-7-2-10-20-11-3-8-19-20)18-9-4-14-5-12-21-13-6-14;/h3,5,8,11H,2,4,6-7,9-10,12-13H2,1H3,(H2,16,17,18);1H. The minimum absolute atomic E-state index is 0. The normalized spacial score (nSPS) is 15.0. The molecule has 0 radical (unpaired) electrons. The first-order valence-corrected chi connectivity index (χ1v) is 7.56. The lowest BCUT2D eigenvalue weighted by Gasteiger charge is -2.15. The number of aromatic nitrogens is 2. The third-order valence-corrected chi connectivity index (χ3v) is 3.44. The molecular weight excluding hydrogens is 393 g/mol. The summed E-state index contributed by atoms with van der Waals surface area (Å²) in [6.07, 6.45) is 9.10. The minimum atomic E-state index is 0. The van der Waals surface area contributed by atoms with Crippen LogP contribution in [0.3, 0.4) is 0 Å². The first-order chi connectivity index (χ1) is 10.4. The smallest absolute Gasteiger partial charge is 0.190 e. The summed E-state index contributed by atoms with van der Waals surface area (Å²) in [5.41, 5.74) is 1.47. The Morgan fingerprint density at radius 3 is 2.95 bits per heavy atom. The van der Waals surface area contributed by atoms with Crippen LogP contribution in [0.4, 0.5) is 0 Å². The summed E-state index contributed by atoms with van der Waals surface area (Å²) in [7, 11) is 1.80. The van der Waals surface area contributed by atoms with Gasteiger partial charge in [0.05, 0.1) is 13.2 Å². The maximum absolute atomic E-state index is 5.30. The molecule has 0 atom stereocenters. The fourth-order valence-electron chi connectivity index (χ4n) is 2.24. The van der Waals surface area contributed by atoms with E-state index in [2.05, 4.69) is 26.8 Å². The zero-order chi connectivity index (χ0) is 14.8. The first-order valence-electron chi connectivity index (χ1n) is 7.56. The van der Waals surface area contributed by atoms with Gasteiger partial charge in [-0.05, 0) is 25.3 Å². The van der Waals surface area contributed by atoms with E-state index in [1.54, 1.807) is 13.2 Å². The molecule has 7 heteroatoms. The molecule has 0 unspecified atom stereocenters. The summed E-state index contributed by atoms with van der Waals surface area (Å²) in [5, 5.41) is 10.8. The van der Waals surface area contributed by atoms with Gasteiger partial charge < -0.3 is 15.4 Å². The summed E-state index contributed by atoms with van der Waals surface area (Å²) in [4.78, 5) is 4.23. The topological polar surface area (TPSA) is 63.5 Å². The molecule has 0 bridgehead atoms. The van der Waals surface area contributed by atoms with Gasteiger partial charge in [0.2, 0.25) is 0 Å². The lowest BCUT2D eigenvalue weighted by molar-refractivity contribution is 0.153. The molecule has 0 aliphatic carbocycles. The number of hydrogen-bond acceptors (Lipinski definition) is 3. The van der Waals surface area contributed by atoms with Crippen molar-refractivity contribution in [2.45, 2.75) is 25.8 Å². The van der Waals surface area contributed by atoms with Crippen LogP contribution in [0, 0.1) is 0 Å². The van der Waals surface area contributed by atoms with Crippen LogP contribution in [0.1, 0.15) is 19.3 Å². The van der Waals surface area contributed by atoms with E-state index in [4.69, 9.17) is 4.74 Å². The molecule has 1 aliphatic rings. The fourth-order valence-corrected chi connectivity index (χ4v) is 2.24. The molecule has 0 spiro atoms. The molecule has 2 N–H and O–H groups in total. The van der Waals surface area contributed by atoms with Crippen molar-refractivity contribution < 1.29 is 4.74 Å². The second-order valence-corrected chi connectivity index (χ2v) is 4.99. The molecule has 0 amide bonds. The predicted octanol–water partition coefficient (Wildman–Crippen LogP) is 1.79. The number of rotatable bonds is 7. The van der Waals surface area contributed by atoms with E-state index in [0.29, 0.717) is 0 Å². The molecule has 1 aliphatic heterocycles. The van der Waals surface area contributed by atoms with Gasteiger partial charge in [0.25, 0.3) is 0 Å². The van der Waals surface area contributed by atoms with Gasteiger partial charge in [-0.15, -0.1) is 24.0 Å². The van der Waals surface area contributed by atoms with Crippen LogP contribution < -0.4 is 10.6 Å². The Labute approximate surface area is 149 Å². The number of nitrogens with zero attached hydrogens (tertiary/aromatic N) is 3. The Morgan fingerprint density at radius 2 is 2.27 bits per heavy atom. The van der Waals surface area contributed by atoms with E-state index in [9.17, 15) is 0 Å². The Morgan fingerprint density at radius 1 is 1.41 bits per heavy atom. The molecule has 1 aromatic heterocycles. The zero-order valence-corrected chi connectivity index (χ0v) is 15.5. The van der Waals surface area contributed by atoms with Gasteiger partial charge in [-0.25, -0.2) is 0 Å². The highest BCUT2D eigenvalue weighted by Gasteiger charge is 2.04. The van der Waals surface area contributed by atoms with Gasteiger partial charge in [0.1, 0.15) is 0 Å². The van der Waals surface area contributed by atoms with Gasteiger partial charge in [-0.3, -0.25) is 9.67 Å². The van der Waals surface area contributed by atoms with Crippen molar-refractivity contribution in [3.8, 4) is 0 Å². The van der Waals surface area contributed by atoms with Crippen molar-refractivity contribution in [2.24, 2.45) is 4.99 Å².